The van der Waals surface area contributed by atoms with E-state index in [1.54, 1.807) is 0 Å². The Kier molecular flexibility index (Phi) is 4.67. The van der Waals surface area contributed by atoms with Crippen LogP contribution in [0.2, 0.25) is 0 Å². The number of amides is 1. The Morgan fingerprint density at radius 3 is 2.62 bits per heavy atom. The molecule has 21 heavy (non-hydrogen) atoms. The summed E-state index contributed by atoms with van der Waals surface area (Å²) < 4.78 is 10.6. The molecule has 5 nitrogen and oxygen atoms in total. The Morgan fingerprint density at radius 2 is 2.00 bits per heavy atom. The maximum absolute atomic E-state index is 12.4. The van der Waals surface area contributed by atoms with Gasteiger partial charge in [-0.2, -0.15) is 0 Å². The molecule has 0 atom stereocenters. The number of hydrogen-bond acceptors (Lipinski definition) is 4. The van der Waals surface area contributed by atoms with Gasteiger partial charge in [-0.1, -0.05) is 32.1 Å². The lowest BCUT2D eigenvalue weighted by Crippen LogP contribution is -2.48. The molecule has 2 rings (SSSR count). The summed E-state index contributed by atoms with van der Waals surface area (Å²) in [6.07, 6.45) is 1.18. The zero-order valence-electron chi connectivity index (χ0n) is 12.3. The lowest BCUT2D eigenvalue weighted by atomic mass is 9.81. The molecule has 1 aliphatic heterocycles. The molecule has 114 valence electrons. The third-order valence-corrected chi connectivity index (χ3v) is 4.39. The standard InChI is InChI=1S/C15H20N2O3S/c1-3-15(4-2,13(16)21)14(18)17-8-10-5-6-11-12(7-10)20-9-19-11/h5-7H,3-4,8-9H2,1-2H3,(H2,16,21)(H,17,18). The number of benzene rings is 1. The summed E-state index contributed by atoms with van der Waals surface area (Å²) in [5.74, 6) is 1.30. The van der Waals surface area contributed by atoms with Crippen LogP contribution in [-0.2, 0) is 11.3 Å². The molecule has 0 unspecified atom stereocenters. The number of carbonyl (C=O) groups is 1. The number of nitrogens with one attached hydrogen (secondary N) is 1. The molecule has 0 spiro atoms. The Labute approximate surface area is 129 Å². The van der Waals surface area contributed by atoms with Crippen LogP contribution in [0.3, 0.4) is 0 Å². The number of fused-ring (bicyclic) bond motifs is 1. The number of ether oxygens (including phenoxy) is 2. The van der Waals surface area contributed by atoms with Crippen molar-refractivity contribution in [2.75, 3.05) is 6.79 Å². The number of rotatable bonds is 6. The van der Waals surface area contributed by atoms with Gasteiger partial charge >= 0.3 is 0 Å². The van der Waals surface area contributed by atoms with E-state index in [0.29, 0.717) is 25.1 Å². The van der Waals surface area contributed by atoms with Gasteiger partial charge < -0.3 is 20.5 Å². The van der Waals surface area contributed by atoms with E-state index in [1.165, 1.54) is 0 Å². The maximum Gasteiger partial charge on any atom is 0.233 e. The highest BCUT2D eigenvalue weighted by molar-refractivity contribution is 7.80. The van der Waals surface area contributed by atoms with Gasteiger partial charge in [0, 0.05) is 6.54 Å². The number of carbonyl (C=O) groups excluding carboxylic acids is 1. The Morgan fingerprint density at radius 1 is 1.33 bits per heavy atom. The van der Waals surface area contributed by atoms with Gasteiger partial charge in [0.05, 0.1) is 10.4 Å². The van der Waals surface area contributed by atoms with Crippen molar-refractivity contribution in [3.05, 3.63) is 23.8 Å². The maximum atomic E-state index is 12.4. The first-order valence-electron chi connectivity index (χ1n) is 7.00. The Bertz CT molecular complexity index is 556. The molecule has 1 amide bonds. The van der Waals surface area contributed by atoms with Crippen LogP contribution in [0, 0.1) is 5.41 Å². The molecule has 3 N–H and O–H groups in total. The zero-order chi connectivity index (χ0) is 15.5. The second-order valence-corrected chi connectivity index (χ2v) is 5.46. The minimum Gasteiger partial charge on any atom is -0.454 e. The van der Waals surface area contributed by atoms with Gasteiger partial charge in [-0.3, -0.25) is 4.79 Å². The molecule has 0 aliphatic carbocycles. The number of hydrogen-bond donors (Lipinski definition) is 2. The summed E-state index contributed by atoms with van der Waals surface area (Å²) >= 11 is 5.08. The van der Waals surface area contributed by atoms with E-state index in [1.807, 2.05) is 32.0 Å². The van der Waals surface area contributed by atoms with E-state index >= 15 is 0 Å². The molecule has 0 saturated carbocycles. The Balaban J connectivity index is 2.05. The third kappa shape index (κ3) is 2.95. The van der Waals surface area contributed by atoms with Crippen molar-refractivity contribution in [2.24, 2.45) is 11.1 Å². The van der Waals surface area contributed by atoms with E-state index in [9.17, 15) is 4.79 Å². The van der Waals surface area contributed by atoms with Gasteiger partial charge in [-0.25, -0.2) is 0 Å². The highest BCUT2D eigenvalue weighted by Gasteiger charge is 2.37. The summed E-state index contributed by atoms with van der Waals surface area (Å²) in [6, 6.07) is 5.60. The third-order valence-electron chi connectivity index (χ3n) is 4.00. The largest absolute Gasteiger partial charge is 0.454 e. The lowest BCUT2D eigenvalue weighted by molar-refractivity contribution is -0.128. The fraction of sp³-hybridized carbons (Fsp3) is 0.467. The second kappa shape index (κ2) is 6.30. The summed E-state index contributed by atoms with van der Waals surface area (Å²) in [6.45, 7) is 4.48. The number of nitrogens with two attached hydrogens (primary N) is 1. The van der Waals surface area contributed by atoms with Crippen LogP contribution < -0.4 is 20.5 Å². The first-order valence-corrected chi connectivity index (χ1v) is 7.41. The predicted octanol–water partition coefficient (Wildman–Crippen LogP) is 2.12. The molecule has 1 aromatic carbocycles. The van der Waals surface area contributed by atoms with Gasteiger partial charge in [0.15, 0.2) is 11.5 Å². The molecule has 0 aromatic heterocycles. The summed E-state index contributed by atoms with van der Waals surface area (Å²) in [7, 11) is 0. The molecular formula is C15H20N2O3S. The monoisotopic (exact) mass is 308 g/mol. The van der Waals surface area contributed by atoms with Crippen LogP contribution >= 0.6 is 12.2 Å². The average Bonchev–Trinajstić information content (AvgIpc) is 2.94. The molecule has 0 bridgehead atoms. The van der Waals surface area contributed by atoms with E-state index < -0.39 is 5.41 Å². The van der Waals surface area contributed by atoms with Crippen molar-refractivity contribution < 1.29 is 14.3 Å². The smallest absolute Gasteiger partial charge is 0.233 e. The van der Waals surface area contributed by atoms with Gasteiger partial charge in [0.25, 0.3) is 0 Å². The van der Waals surface area contributed by atoms with Crippen LogP contribution in [0.15, 0.2) is 18.2 Å². The molecule has 1 heterocycles. The van der Waals surface area contributed by atoms with Crippen molar-refractivity contribution >= 4 is 23.1 Å². The first kappa shape index (κ1) is 15.6. The topological polar surface area (TPSA) is 73.6 Å². The summed E-state index contributed by atoms with van der Waals surface area (Å²) in [5, 5.41) is 2.91. The minimum atomic E-state index is -0.772. The lowest BCUT2D eigenvalue weighted by Gasteiger charge is -2.28. The second-order valence-electron chi connectivity index (χ2n) is 5.02. The quantitative estimate of drug-likeness (QED) is 0.788. The molecule has 6 heteroatoms. The molecular weight excluding hydrogens is 288 g/mol. The van der Waals surface area contributed by atoms with Crippen molar-refractivity contribution in [3.63, 3.8) is 0 Å². The van der Waals surface area contributed by atoms with Crippen LogP contribution in [0.4, 0.5) is 0 Å². The van der Waals surface area contributed by atoms with Crippen molar-refractivity contribution in [3.8, 4) is 11.5 Å². The first-order chi connectivity index (χ1) is 10.0. The number of thiocarbonyl (C=S) groups is 1. The normalized spacial score (nSPS) is 13.0. The highest BCUT2D eigenvalue weighted by Crippen LogP contribution is 2.32. The van der Waals surface area contributed by atoms with Crippen LogP contribution in [0.1, 0.15) is 32.3 Å². The van der Waals surface area contributed by atoms with E-state index in [2.05, 4.69) is 5.32 Å². The average molecular weight is 308 g/mol. The van der Waals surface area contributed by atoms with Crippen molar-refractivity contribution in [1.29, 1.82) is 0 Å². The van der Waals surface area contributed by atoms with Gasteiger partial charge in [-0.15, -0.1) is 0 Å². The highest BCUT2D eigenvalue weighted by atomic mass is 32.1. The van der Waals surface area contributed by atoms with Crippen LogP contribution in [0.5, 0.6) is 11.5 Å². The molecule has 0 saturated heterocycles. The fourth-order valence-corrected chi connectivity index (χ4v) is 2.82. The van der Waals surface area contributed by atoms with Gasteiger partial charge in [-0.05, 0) is 30.5 Å². The van der Waals surface area contributed by atoms with Crippen molar-refractivity contribution in [2.45, 2.75) is 33.2 Å². The van der Waals surface area contributed by atoms with Gasteiger partial charge in [0.2, 0.25) is 12.7 Å². The molecule has 0 radical (unpaired) electrons. The predicted molar refractivity (Wildman–Crippen MR) is 84.2 cm³/mol. The summed E-state index contributed by atoms with van der Waals surface area (Å²) in [5.41, 5.74) is 5.94. The molecule has 0 fully saturated rings. The fourth-order valence-electron chi connectivity index (χ4n) is 2.43. The van der Waals surface area contributed by atoms with Crippen LogP contribution in [-0.4, -0.2) is 17.7 Å². The van der Waals surface area contributed by atoms with E-state index in [4.69, 9.17) is 27.4 Å². The molecule has 1 aliphatic rings. The SMILES string of the molecule is CCC(CC)(C(=O)NCc1ccc2c(c1)OCO2)C(N)=S. The minimum absolute atomic E-state index is 0.127. The van der Waals surface area contributed by atoms with E-state index in [0.717, 1.165) is 11.3 Å². The van der Waals surface area contributed by atoms with E-state index in [-0.39, 0.29) is 17.7 Å². The zero-order valence-corrected chi connectivity index (χ0v) is 13.1. The van der Waals surface area contributed by atoms with Crippen LogP contribution in [0.25, 0.3) is 0 Å². The molecule has 1 aromatic rings. The Hall–Kier alpha value is -1.82. The van der Waals surface area contributed by atoms with Crippen molar-refractivity contribution in [1.82, 2.24) is 5.32 Å². The van der Waals surface area contributed by atoms with Gasteiger partial charge in [0.1, 0.15) is 0 Å². The summed E-state index contributed by atoms with van der Waals surface area (Å²) in [4.78, 5) is 12.7.